The van der Waals surface area contributed by atoms with Crippen LogP contribution in [-0.2, 0) is 11.2 Å². The first kappa shape index (κ1) is 13.3. The fraction of sp³-hybridized carbons (Fsp3) is 0.500. The quantitative estimate of drug-likeness (QED) is 0.855. The molecule has 1 fully saturated rings. The zero-order chi connectivity index (χ0) is 13.9. The first-order valence-electron chi connectivity index (χ1n) is 7.30. The van der Waals surface area contributed by atoms with Gasteiger partial charge in [0.1, 0.15) is 0 Å². The highest BCUT2D eigenvalue weighted by Gasteiger charge is 2.20. The SMILES string of the molecule is O=C(CCC1CCCO1)c1ccc2c(c1)C(=O)NCC2. The molecule has 0 aromatic heterocycles. The van der Waals surface area contributed by atoms with Gasteiger partial charge in [-0.1, -0.05) is 12.1 Å². The van der Waals surface area contributed by atoms with Gasteiger partial charge in [-0.25, -0.2) is 0 Å². The predicted molar refractivity (Wildman–Crippen MR) is 75.0 cm³/mol. The van der Waals surface area contributed by atoms with Crippen LogP contribution in [0.3, 0.4) is 0 Å². The van der Waals surface area contributed by atoms with Gasteiger partial charge in [-0.2, -0.15) is 0 Å². The van der Waals surface area contributed by atoms with E-state index in [1.165, 1.54) is 0 Å². The van der Waals surface area contributed by atoms with Crippen molar-refractivity contribution in [2.45, 2.75) is 38.2 Å². The van der Waals surface area contributed by atoms with Crippen molar-refractivity contribution in [1.82, 2.24) is 5.32 Å². The third kappa shape index (κ3) is 2.75. The Morgan fingerprint density at radius 2 is 2.30 bits per heavy atom. The Bertz CT molecular complexity index is 533. The molecule has 1 atom stereocenters. The number of fused-ring (bicyclic) bond motifs is 1. The van der Waals surface area contributed by atoms with Crippen molar-refractivity contribution < 1.29 is 14.3 Å². The number of amides is 1. The molecule has 2 aliphatic rings. The molecule has 4 heteroatoms. The molecule has 1 N–H and O–H groups in total. The third-order valence-electron chi connectivity index (χ3n) is 4.07. The van der Waals surface area contributed by atoms with E-state index in [4.69, 9.17) is 4.74 Å². The molecule has 0 spiro atoms. The Labute approximate surface area is 118 Å². The minimum Gasteiger partial charge on any atom is -0.378 e. The number of hydrogen-bond acceptors (Lipinski definition) is 3. The summed E-state index contributed by atoms with van der Waals surface area (Å²) in [6.45, 7) is 1.50. The highest BCUT2D eigenvalue weighted by Crippen LogP contribution is 2.20. The maximum absolute atomic E-state index is 12.2. The molecule has 1 saturated heterocycles. The second kappa shape index (κ2) is 5.75. The highest BCUT2D eigenvalue weighted by atomic mass is 16.5. The molecule has 0 bridgehead atoms. The molecule has 20 heavy (non-hydrogen) atoms. The fourth-order valence-corrected chi connectivity index (χ4v) is 2.89. The summed E-state index contributed by atoms with van der Waals surface area (Å²) in [5, 5.41) is 2.81. The van der Waals surface area contributed by atoms with Gasteiger partial charge in [-0.05, 0) is 37.3 Å². The molecule has 0 aliphatic carbocycles. The van der Waals surface area contributed by atoms with E-state index in [0.717, 1.165) is 37.9 Å². The summed E-state index contributed by atoms with van der Waals surface area (Å²) in [6, 6.07) is 5.49. The average Bonchev–Trinajstić information content (AvgIpc) is 2.98. The zero-order valence-electron chi connectivity index (χ0n) is 11.5. The molecule has 0 saturated carbocycles. The van der Waals surface area contributed by atoms with Gasteiger partial charge >= 0.3 is 0 Å². The summed E-state index contributed by atoms with van der Waals surface area (Å²) >= 11 is 0. The maximum Gasteiger partial charge on any atom is 0.251 e. The van der Waals surface area contributed by atoms with Gasteiger partial charge in [-0.3, -0.25) is 9.59 Å². The van der Waals surface area contributed by atoms with Gasteiger partial charge in [0.25, 0.3) is 5.91 Å². The molecule has 1 unspecified atom stereocenters. The normalized spacial score (nSPS) is 21.4. The van der Waals surface area contributed by atoms with Crippen LogP contribution in [0.1, 0.15) is 52.0 Å². The Hall–Kier alpha value is -1.68. The lowest BCUT2D eigenvalue weighted by molar-refractivity contribution is 0.0859. The minimum atomic E-state index is -0.0694. The number of rotatable bonds is 4. The van der Waals surface area contributed by atoms with Crippen LogP contribution in [0.25, 0.3) is 0 Å². The zero-order valence-corrected chi connectivity index (χ0v) is 11.5. The molecule has 3 rings (SSSR count). The number of ether oxygens (including phenoxy) is 1. The first-order valence-corrected chi connectivity index (χ1v) is 7.30. The lowest BCUT2D eigenvalue weighted by Gasteiger charge is -2.17. The van der Waals surface area contributed by atoms with E-state index in [1.54, 1.807) is 6.07 Å². The smallest absolute Gasteiger partial charge is 0.251 e. The molecule has 1 amide bonds. The lowest BCUT2D eigenvalue weighted by Crippen LogP contribution is -2.32. The topological polar surface area (TPSA) is 55.4 Å². The molecular weight excluding hydrogens is 254 g/mol. The monoisotopic (exact) mass is 273 g/mol. The summed E-state index contributed by atoms with van der Waals surface area (Å²) in [7, 11) is 0. The predicted octanol–water partition coefficient (Wildman–Crippen LogP) is 2.11. The molecule has 2 aliphatic heterocycles. The summed E-state index contributed by atoms with van der Waals surface area (Å²) in [5.41, 5.74) is 2.32. The Kier molecular flexibility index (Phi) is 3.83. The van der Waals surface area contributed by atoms with Gasteiger partial charge in [0.15, 0.2) is 5.78 Å². The average molecular weight is 273 g/mol. The minimum absolute atomic E-state index is 0.0694. The number of ketones is 1. The van der Waals surface area contributed by atoms with Crippen LogP contribution in [0.15, 0.2) is 18.2 Å². The van der Waals surface area contributed by atoms with E-state index < -0.39 is 0 Å². The van der Waals surface area contributed by atoms with Crippen molar-refractivity contribution in [3.63, 3.8) is 0 Å². The first-order chi connectivity index (χ1) is 9.74. The molecular formula is C16H19NO3. The number of hydrogen-bond donors (Lipinski definition) is 1. The van der Waals surface area contributed by atoms with Gasteiger partial charge in [-0.15, -0.1) is 0 Å². The van der Waals surface area contributed by atoms with Crippen LogP contribution in [0, 0.1) is 0 Å². The van der Waals surface area contributed by atoms with Crippen molar-refractivity contribution >= 4 is 11.7 Å². The van der Waals surface area contributed by atoms with Crippen LogP contribution in [0.4, 0.5) is 0 Å². The van der Waals surface area contributed by atoms with E-state index >= 15 is 0 Å². The van der Waals surface area contributed by atoms with Crippen LogP contribution in [0.5, 0.6) is 0 Å². The van der Waals surface area contributed by atoms with Crippen molar-refractivity contribution in [2.75, 3.05) is 13.2 Å². The van der Waals surface area contributed by atoms with Gasteiger partial charge in [0.05, 0.1) is 6.10 Å². The van der Waals surface area contributed by atoms with Crippen LogP contribution >= 0.6 is 0 Å². The van der Waals surface area contributed by atoms with Crippen molar-refractivity contribution in [1.29, 1.82) is 0 Å². The van der Waals surface area contributed by atoms with Crippen LogP contribution in [-0.4, -0.2) is 30.9 Å². The molecule has 1 aromatic rings. The van der Waals surface area contributed by atoms with Crippen LogP contribution in [0.2, 0.25) is 0 Å². The molecule has 0 radical (unpaired) electrons. The Morgan fingerprint density at radius 3 is 3.10 bits per heavy atom. The lowest BCUT2D eigenvalue weighted by atomic mass is 9.95. The second-order valence-electron chi connectivity index (χ2n) is 5.47. The summed E-state index contributed by atoms with van der Waals surface area (Å²) in [6.07, 6.45) is 4.50. The number of carbonyl (C=O) groups excluding carboxylic acids is 2. The maximum atomic E-state index is 12.2. The summed E-state index contributed by atoms with van der Waals surface area (Å²) < 4.78 is 5.53. The van der Waals surface area contributed by atoms with E-state index in [1.807, 2.05) is 12.1 Å². The van der Waals surface area contributed by atoms with Gasteiger partial charge in [0, 0.05) is 30.7 Å². The molecule has 2 heterocycles. The summed E-state index contributed by atoms with van der Waals surface area (Å²) in [5.74, 6) is 0.0294. The van der Waals surface area contributed by atoms with E-state index in [0.29, 0.717) is 24.1 Å². The van der Waals surface area contributed by atoms with Crippen molar-refractivity contribution in [2.24, 2.45) is 0 Å². The highest BCUT2D eigenvalue weighted by molar-refractivity contribution is 6.02. The Morgan fingerprint density at radius 1 is 1.40 bits per heavy atom. The molecule has 4 nitrogen and oxygen atoms in total. The number of carbonyl (C=O) groups is 2. The summed E-state index contributed by atoms with van der Waals surface area (Å²) in [4.78, 5) is 24.0. The largest absolute Gasteiger partial charge is 0.378 e. The standard InChI is InChI=1S/C16H19NO3/c18-15(6-5-13-2-1-9-20-13)12-4-3-11-7-8-17-16(19)14(11)10-12/h3-4,10,13H,1-2,5-9H2,(H,17,19). The van der Waals surface area contributed by atoms with E-state index in [-0.39, 0.29) is 17.8 Å². The second-order valence-corrected chi connectivity index (χ2v) is 5.47. The van der Waals surface area contributed by atoms with E-state index in [2.05, 4.69) is 5.32 Å². The fourth-order valence-electron chi connectivity index (χ4n) is 2.89. The number of nitrogens with one attached hydrogen (secondary N) is 1. The number of benzene rings is 1. The van der Waals surface area contributed by atoms with E-state index in [9.17, 15) is 9.59 Å². The third-order valence-corrected chi connectivity index (χ3v) is 4.07. The van der Waals surface area contributed by atoms with Gasteiger partial charge in [0.2, 0.25) is 0 Å². The van der Waals surface area contributed by atoms with Gasteiger partial charge < -0.3 is 10.1 Å². The van der Waals surface area contributed by atoms with Crippen LogP contribution < -0.4 is 5.32 Å². The Balaban J connectivity index is 1.68. The van der Waals surface area contributed by atoms with Crippen molar-refractivity contribution in [3.8, 4) is 0 Å². The number of Topliss-reactive ketones (excluding diaryl/α,β-unsaturated/α-hetero) is 1. The molecule has 106 valence electrons. The van der Waals surface area contributed by atoms with Crippen molar-refractivity contribution in [3.05, 3.63) is 34.9 Å². The molecule has 1 aromatic carbocycles.